The van der Waals surface area contributed by atoms with Gasteiger partial charge in [-0.25, -0.2) is 4.98 Å². The summed E-state index contributed by atoms with van der Waals surface area (Å²) in [6, 6.07) is 15.7. The van der Waals surface area contributed by atoms with E-state index in [9.17, 15) is 4.79 Å². The Morgan fingerprint density at radius 3 is 2.50 bits per heavy atom. The van der Waals surface area contributed by atoms with Crippen LogP contribution in [-0.2, 0) is 9.53 Å². The summed E-state index contributed by atoms with van der Waals surface area (Å²) in [5, 5.41) is 0.406. The highest BCUT2D eigenvalue weighted by molar-refractivity contribution is 8.00. The van der Waals surface area contributed by atoms with Crippen LogP contribution in [0.2, 0.25) is 0 Å². The number of methoxy groups -OCH3 is 2. The first-order valence-corrected chi connectivity index (χ1v) is 8.38. The third-order valence-corrected chi connectivity index (χ3v) is 4.71. The van der Waals surface area contributed by atoms with E-state index >= 15 is 0 Å². The zero-order chi connectivity index (χ0) is 17.1. The van der Waals surface area contributed by atoms with E-state index in [1.165, 1.54) is 18.9 Å². The summed E-state index contributed by atoms with van der Waals surface area (Å²) in [5.74, 6) is 0.522. The molecule has 1 heterocycles. The third kappa shape index (κ3) is 3.10. The summed E-state index contributed by atoms with van der Waals surface area (Å²) in [4.78, 5) is 16.4. The molecule has 0 amide bonds. The van der Waals surface area contributed by atoms with Gasteiger partial charge in [0.15, 0.2) is 5.16 Å². The molecule has 24 heavy (non-hydrogen) atoms. The Hall–Kier alpha value is -2.47. The van der Waals surface area contributed by atoms with Gasteiger partial charge in [-0.1, -0.05) is 23.9 Å². The van der Waals surface area contributed by atoms with Gasteiger partial charge in [0.05, 0.1) is 25.3 Å². The standard InChI is InChI=1S/C18H18N2O3S/c1-12(17(21)23-3)24-18-19-15-6-4-5-7-16(15)20(18)13-8-10-14(22-2)11-9-13/h4-12H,1-3H3/t12-/m1/s1. The molecule has 0 saturated heterocycles. The van der Waals surface area contributed by atoms with Crippen LogP contribution in [0.5, 0.6) is 5.75 Å². The van der Waals surface area contributed by atoms with E-state index in [4.69, 9.17) is 9.47 Å². The van der Waals surface area contributed by atoms with E-state index in [2.05, 4.69) is 4.98 Å². The van der Waals surface area contributed by atoms with Crippen molar-refractivity contribution >= 4 is 28.8 Å². The smallest absolute Gasteiger partial charge is 0.318 e. The van der Waals surface area contributed by atoms with E-state index in [-0.39, 0.29) is 11.2 Å². The lowest BCUT2D eigenvalue weighted by molar-refractivity contribution is -0.139. The number of hydrogen-bond donors (Lipinski definition) is 0. The number of para-hydroxylation sites is 2. The lowest BCUT2D eigenvalue weighted by Crippen LogP contribution is -2.15. The summed E-state index contributed by atoms with van der Waals surface area (Å²) < 4.78 is 12.1. The van der Waals surface area contributed by atoms with Gasteiger partial charge in [-0.3, -0.25) is 9.36 Å². The van der Waals surface area contributed by atoms with Crippen LogP contribution in [-0.4, -0.2) is 35.0 Å². The maximum atomic E-state index is 11.8. The van der Waals surface area contributed by atoms with Crippen molar-refractivity contribution in [2.75, 3.05) is 14.2 Å². The largest absolute Gasteiger partial charge is 0.497 e. The van der Waals surface area contributed by atoms with Crippen LogP contribution < -0.4 is 4.74 Å². The lowest BCUT2D eigenvalue weighted by Gasteiger charge is -2.12. The average Bonchev–Trinajstić information content (AvgIpc) is 2.98. The van der Waals surface area contributed by atoms with Crippen molar-refractivity contribution in [1.29, 1.82) is 0 Å². The first-order valence-electron chi connectivity index (χ1n) is 7.50. The highest BCUT2D eigenvalue weighted by Crippen LogP contribution is 2.31. The molecule has 0 bridgehead atoms. The van der Waals surface area contributed by atoms with E-state index in [1.807, 2.05) is 60.0 Å². The zero-order valence-electron chi connectivity index (χ0n) is 13.7. The number of imidazole rings is 1. The van der Waals surface area contributed by atoms with Gasteiger partial charge in [-0.2, -0.15) is 0 Å². The van der Waals surface area contributed by atoms with Gasteiger partial charge in [0.1, 0.15) is 11.0 Å². The average molecular weight is 342 g/mol. The number of esters is 1. The Bertz CT molecular complexity index is 858. The zero-order valence-corrected chi connectivity index (χ0v) is 14.5. The Morgan fingerprint density at radius 2 is 1.83 bits per heavy atom. The molecule has 6 heteroatoms. The molecule has 0 N–H and O–H groups in total. The van der Waals surface area contributed by atoms with Gasteiger partial charge in [0.25, 0.3) is 0 Å². The predicted octanol–water partition coefficient (Wildman–Crippen LogP) is 3.69. The van der Waals surface area contributed by atoms with Crippen LogP contribution >= 0.6 is 11.8 Å². The fourth-order valence-corrected chi connectivity index (χ4v) is 3.40. The van der Waals surface area contributed by atoms with Gasteiger partial charge >= 0.3 is 5.97 Å². The van der Waals surface area contributed by atoms with Crippen molar-refractivity contribution in [3.05, 3.63) is 48.5 Å². The van der Waals surface area contributed by atoms with Gasteiger partial charge in [-0.05, 0) is 43.3 Å². The van der Waals surface area contributed by atoms with Crippen molar-refractivity contribution in [1.82, 2.24) is 9.55 Å². The topological polar surface area (TPSA) is 53.3 Å². The van der Waals surface area contributed by atoms with Gasteiger partial charge in [0.2, 0.25) is 0 Å². The number of nitrogens with zero attached hydrogens (tertiary/aromatic N) is 2. The molecule has 1 aromatic heterocycles. The van der Waals surface area contributed by atoms with Crippen molar-refractivity contribution in [2.45, 2.75) is 17.3 Å². The monoisotopic (exact) mass is 342 g/mol. The molecule has 1 atom stereocenters. The lowest BCUT2D eigenvalue weighted by atomic mass is 10.2. The summed E-state index contributed by atoms with van der Waals surface area (Å²) in [6.07, 6.45) is 0. The Morgan fingerprint density at radius 1 is 1.12 bits per heavy atom. The van der Waals surface area contributed by atoms with Gasteiger partial charge < -0.3 is 9.47 Å². The molecule has 0 spiro atoms. The quantitative estimate of drug-likeness (QED) is 0.523. The van der Waals surface area contributed by atoms with Crippen LogP contribution in [0.3, 0.4) is 0 Å². The molecule has 0 saturated carbocycles. The van der Waals surface area contributed by atoms with Crippen LogP contribution in [0.1, 0.15) is 6.92 Å². The van der Waals surface area contributed by atoms with Crippen molar-refractivity contribution in [2.24, 2.45) is 0 Å². The summed E-state index contributed by atoms with van der Waals surface area (Å²) in [5.41, 5.74) is 2.83. The minimum absolute atomic E-state index is 0.270. The highest BCUT2D eigenvalue weighted by atomic mass is 32.2. The Kier molecular flexibility index (Phi) is 4.76. The number of carbonyl (C=O) groups is 1. The predicted molar refractivity (Wildman–Crippen MR) is 95.0 cm³/mol. The molecule has 0 aliphatic carbocycles. The highest BCUT2D eigenvalue weighted by Gasteiger charge is 2.20. The number of rotatable bonds is 5. The molecule has 2 aromatic carbocycles. The Labute approximate surface area is 144 Å². The third-order valence-electron chi connectivity index (χ3n) is 3.68. The summed E-state index contributed by atoms with van der Waals surface area (Å²) in [6.45, 7) is 1.81. The summed E-state index contributed by atoms with van der Waals surface area (Å²) >= 11 is 1.38. The first kappa shape index (κ1) is 16.4. The van der Waals surface area contributed by atoms with Gasteiger partial charge in [-0.15, -0.1) is 0 Å². The van der Waals surface area contributed by atoms with E-state index < -0.39 is 0 Å². The number of aromatic nitrogens is 2. The van der Waals surface area contributed by atoms with E-state index in [0.29, 0.717) is 0 Å². The molecule has 3 rings (SSSR count). The Balaban J connectivity index is 2.09. The number of carbonyl (C=O) groups excluding carboxylic acids is 1. The minimum atomic E-state index is -0.344. The molecule has 5 nitrogen and oxygen atoms in total. The van der Waals surface area contributed by atoms with Crippen molar-refractivity contribution in [3.8, 4) is 11.4 Å². The van der Waals surface area contributed by atoms with Crippen LogP contribution in [0.25, 0.3) is 16.7 Å². The molecule has 124 valence electrons. The fourth-order valence-electron chi connectivity index (χ4n) is 2.44. The van der Waals surface area contributed by atoms with Crippen LogP contribution in [0, 0.1) is 0 Å². The molecule has 0 unspecified atom stereocenters. The van der Waals surface area contributed by atoms with Crippen molar-refractivity contribution in [3.63, 3.8) is 0 Å². The number of fused-ring (bicyclic) bond motifs is 1. The molecule has 0 aliphatic rings. The molecular weight excluding hydrogens is 324 g/mol. The second kappa shape index (κ2) is 6.97. The van der Waals surface area contributed by atoms with Gasteiger partial charge in [0, 0.05) is 5.69 Å². The molecule has 3 aromatic rings. The number of benzene rings is 2. The van der Waals surface area contributed by atoms with Crippen LogP contribution in [0.15, 0.2) is 53.7 Å². The SMILES string of the molecule is COC(=O)[C@@H](C)Sc1nc2ccccc2n1-c1ccc(OC)cc1. The first-order chi connectivity index (χ1) is 11.6. The summed E-state index contributed by atoms with van der Waals surface area (Å²) in [7, 11) is 3.03. The maximum absolute atomic E-state index is 11.8. The molecular formula is C18H18N2O3S. The minimum Gasteiger partial charge on any atom is -0.497 e. The number of thioether (sulfide) groups is 1. The fraction of sp³-hybridized carbons (Fsp3) is 0.222. The normalized spacial score (nSPS) is 12.1. The second-order valence-electron chi connectivity index (χ2n) is 5.20. The molecule has 0 radical (unpaired) electrons. The molecule has 0 fully saturated rings. The second-order valence-corrected chi connectivity index (χ2v) is 6.51. The van der Waals surface area contributed by atoms with E-state index in [1.54, 1.807) is 7.11 Å². The van der Waals surface area contributed by atoms with E-state index in [0.717, 1.165) is 27.6 Å². The molecule has 0 aliphatic heterocycles. The number of ether oxygens (including phenoxy) is 2. The van der Waals surface area contributed by atoms with Crippen molar-refractivity contribution < 1.29 is 14.3 Å². The maximum Gasteiger partial charge on any atom is 0.318 e. The number of hydrogen-bond acceptors (Lipinski definition) is 5. The van der Waals surface area contributed by atoms with Crippen LogP contribution in [0.4, 0.5) is 0 Å².